The van der Waals surface area contributed by atoms with Gasteiger partial charge in [-0.25, -0.2) is 9.36 Å². The van der Waals surface area contributed by atoms with Crippen LogP contribution in [0.3, 0.4) is 0 Å². The minimum absolute atomic E-state index is 0.0279. The number of nitrogens with two attached hydrogens (primary N) is 1. The molecule has 0 saturated carbocycles. The van der Waals surface area contributed by atoms with Gasteiger partial charge in [0.2, 0.25) is 0 Å². The quantitative estimate of drug-likeness (QED) is 0.130. The van der Waals surface area contributed by atoms with Crippen LogP contribution in [0.2, 0.25) is 5.02 Å². The van der Waals surface area contributed by atoms with Crippen molar-refractivity contribution in [1.82, 2.24) is 14.6 Å². The highest BCUT2D eigenvalue weighted by molar-refractivity contribution is 7.52. The minimum Gasteiger partial charge on any atom is -0.465 e. The van der Waals surface area contributed by atoms with Crippen LogP contribution in [0.4, 0.5) is 5.82 Å². The van der Waals surface area contributed by atoms with E-state index in [2.05, 4.69) is 17.0 Å². The van der Waals surface area contributed by atoms with Crippen LogP contribution in [-0.2, 0) is 23.4 Å². The Morgan fingerprint density at radius 2 is 1.95 bits per heavy atom. The lowest BCUT2D eigenvalue weighted by Gasteiger charge is -2.27. The Kier molecular flexibility index (Phi) is 11.7. The number of halogens is 1. The van der Waals surface area contributed by atoms with Crippen molar-refractivity contribution in [3.63, 3.8) is 0 Å². The second-order valence-corrected chi connectivity index (χ2v) is 12.1. The number of hydrogen-bond acceptors (Lipinski definition) is 11. The summed E-state index contributed by atoms with van der Waals surface area (Å²) >= 11 is 5.93. The number of carbonyl (C=O) groups is 1. The molecule has 1 fully saturated rings. The number of rotatable bonds is 15. The number of ether oxygens (including phenoxy) is 2. The number of aliphatic hydroxyl groups excluding tert-OH is 1. The molecule has 3 rings (SSSR count). The SMILES string of the molecule is CCCCCCCOC(=O)[C@H](C)NP(=O)(OC[C@H]1O[C@@H](n2ccc(N)nc2=O)[C@](C)(O)[C@@H]1O)Oc1ccc(Cl)cc1. The van der Waals surface area contributed by atoms with Crippen molar-refractivity contribution < 1.29 is 38.1 Å². The molecule has 6 atom stereocenters. The highest BCUT2D eigenvalue weighted by Crippen LogP contribution is 2.47. The number of esters is 1. The van der Waals surface area contributed by atoms with E-state index >= 15 is 0 Å². The van der Waals surface area contributed by atoms with Gasteiger partial charge in [-0.1, -0.05) is 44.2 Å². The lowest BCUT2D eigenvalue weighted by Crippen LogP contribution is -2.46. The van der Waals surface area contributed by atoms with Crippen LogP contribution in [0, 0.1) is 0 Å². The standard InChI is InChI=1S/C26H38ClN4O9P/c1-4-5-6-7-8-15-37-23(33)17(2)30-41(36,40-19-11-9-18(27)10-12-19)38-16-20-22(32)26(3,35)24(39-20)31-14-13-21(28)29-25(31)34/h9-14,17,20,22,24,32,35H,4-8,15-16H2,1-3H3,(H,30,36)(H2,28,29,34)/t17-,20+,22+,24+,26+,41?/m0/s1. The van der Waals surface area contributed by atoms with Crippen molar-refractivity contribution in [3.05, 3.63) is 52.0 Å². The third-order valence-electron chi connectivity index (χ3n) is 6.50. The summed E-state index contributed by atoms with van der Waals surface area (Å²) < 4.78 is 37.1. The summed E-state index contributed by atoms with van der Waals surface area (Å²) in [5, 5.41) is 24.7. The van der Waals surface area contributed by atoms with E-state index in [0.29, 0.717) is 11.4 Å². The van der Waals surface area contributed by atoms with Crippen LogP contribution in [-0.4, -0.2) is 62.8 Å². The van der Waals surface area contributed by atoms with E-state index in [9.17, 15) is 24.4 Å². The van der Waals surface area contributed by atoms with E-state index in [4.69, 9.17) is 35.9 Å². The predicted octanol–water partition coefficient (Wildman–Crippen LogP) is 3.18. The third-order valence-corrected chi connectivity index (χ3v) is 8.40. The van der Waals surface area contributed by atoms with Crippen molar-refractivity contribution in [2.24, 2.45) is 0 Å². The first kappa shape index (κ1) is 33.0. The van der Waals surface area contributed by atoms with E-state index in [0.717, 1.165) is 30.3 Å². The number of aliphatic hydroxyl groups is 2. The van der Waals surface area contributed by atoms with Crippen LogP contribution in [0.25, 0.3) is 0 Å². The largest absolute Gasteiger partial charge is 0.465 e. The molecule has 13 nitrogen and oxygen atoms in total. The van der Waals surface area contributed by atoms with Crippen molar-refractivity contribution >= 4 is 31.1 Å². The van der Waals surface area contributed by atoms with Gasteiger partial charge in [0.15, 0.2) is 6.23 Å². The maximum absolute atomic E-state index is 13.8. The molecule has 1 aromatic heterocycles. The van der Waals surface area contributed by atoms with Crippen molar-refractivity contribution in [3.8, 4) is 5.75 Å². The molecule has 1 aromatic carbocycles. The summed E-state index contributed by atoms with van der Waals surface area (Å²) in [5.41, 5.74) is 2.77. The Bertz CT molecular complexity index is 1260. The molecule has 5 N–H and O–H groups in total. The first-order valence-corrected chi connectivity index (χ1v) is 15.3. The molecule has 0 aliphatic carbocycles. The predicted molar refractivity (Wildman–Crippen MR) is 151 cm³/mol. The number of carbonyl (C=O) groups excluding carboxylic acids is 1. The van der Waals surface area contributed by atoms with E-state index in [-0.39, 0.29) is 18.2 Å². The first-order chi connectivity index (χ1) is 19.4. The lowest BCUT2D eigenvalue weighted by molar-refractivity contribution is -0.145. The molecule has 0 amide bonds. The molecular weight excluding hydrogens is 579 g/mol. The van der Waals surface area contributed by atoms with Gasteiger partial charge >= 0.3 is 19.4 Å². The maximum atomic E-state index is 13.8. The smallest absolute Gasteiger partial charge is 0.459 e. The summed E-state index contributed by atoms with van der Waals surface area (Å²) in [6.07, 6.45) is 1.97. The summed E-state index contributed by atoms with van der Waals surface area (Å²) in [7, 11) is -4.31. The van der Waals surface area contributed by atoms with Crippen LogP contribution >= 0.6 is 19.3 Å². The number of nitrogen functional groups attached to an aromatic ring is 1. The monoisotopic (exact) mass is 616 g/mol. The fourth-order valence-corrected chi connectivity index (χ4v) is 5.80. The number of benzene rings is 1. The molecule has 1 unspecified atom stereocenters. The summed E-state index contributed by atoms with van der Waals surface area (Å²) in [5.74, 6) is -0.557. The zero-order valence-corrected chi connectivity index (χ0v) is 24.9. The van der Waals surface area contributed by atoms with Crippen LogP contribution in [0.1, 0.15) is 59.1 Å². The number of nitrogens with one attached hydrogen (secondary N) is 1. The van der Waals surface area contributed by atoms with E-state index < -0.39 is 56.1 Å². The molecule has 2 aromatic rings. The highest BCUT2D eigenvalue weighted by atomic mass is 35.5. The topological polar surface area (TPSA) is 184 Å². The molecule has 41 heavy (non-hydrogen) atoms. The minimum atomic E-state index is -4.31. The summed E-state index contributed by atoms with van der Waals surface area (Å²) in [6.45, 7) is 4.49. The Morgan fingerprint density at radius 1 is 1.27 bits per heavy atom. The Labute approximate surface area is 243 Å². The van der Waals surface area contributed by atoms with Crippen LogP contribution in [0.15, 0.2) is 41.3 Å². The third kappa shape index (κ3) is 8.99. The molecule has 1 saturated heterocycles. The van der Waals surface area contributed by atoms with Crippen molar-refractivity contribution in [1.29, 1.82) is 0 Å². The molecule has 1 aliphatic rings. The zero-order chi connectivity index (χ0) is 30.2. The van der Waals surface area contributed by atoms with E-state index in [1.54, 1.807) is 0 Å². The van der Waals surface area contributed by atoms with Gasteiger partial charge < -0.3 is 29.9 Å². The molecule has 0 bridgehead atoms. The van der Waals surface area contributed by atoms with E-state index in [1.807, 2.05) is 0 Å². The fraction of sp³-hybridized carbons (Fsp3) is 0.577. The van der Waals surface area contributed by atoms with Crippen molar-refractivity contribution in [2.45, 2.75) is 83.0 Å². The van der Waals surface area contributed by atoms with Gasteiger partial charge in [0.1, 0.15) is 35.4 Å². The summed E-state index contributed by atoms with van der Waals surface area (Å²) in [4.78, 5) is 28.5. The molecule has 0 radical (unpaired) electrons. The van der Waals surface area contributed by atoms with Gasteiger partial charge in [0, 0.05) is 11.2 Å². The molecule has 0 spiro atoms. The second kappa shape index (κ2) is 14.6. The first-order valence-electron chi connectivity index (χ1n) is 13.4. The number of nitrogens with zero attached hydrogens (tertiary/aromatic N) is 2. The van der Waals surface area contributed by atoms with Gasteiger partial charge in [-0.15, -0.1) is 0 Å². The van der Waals surface area contributed by atoms with Gasteiger partial charge in [0.25, 0.3) is 0 Å². The lowest BCUT2D eigenvalue weighted by atomic mass is 9.96. The Balaban J connectivity index is 1.71. The molecular formula is C26H38ClN4O9P. The fourth-order valence-electron chi connectivity index (χ4n) is 4.17. The maximum Gasteiger partial charge on any atom is 0.459 e. The van der Waals surface area contributed by atoms with Gasteiger partial charge in [-0.05, 0) is 50.6 Å². The molecule has 228 valence electrons. The number of aromatic nitrogens is 2. The van der Waals surface area contributed by atoms with Gasteiger partial charge in [-0.3, -0.25) is 13.9 Å². The zero-order valence-electron chi connectivity index (χ0n) is 23.3. The molecule has 15 heteroatoms. The van der Waals surface area contributed by atoms with Gasteiger partial charge in [-0.2, -0.15) is 10.1 Å². The average Bonchev–Trinajstić information content (AvgIpc) is 3.14. The molecule has 2 heterocycles. The Morgan fingerprint density at radius 3 is 2.61 bits per heavy atom. The Hall–Kier alpha value is -2.51. The number of anilines is 1. The normalized spacial score (nSPS) is 24.5. The van der Waals surface area contributed by atoms with Gasteiger partial charge in [0.05, 0.1) is 13.2 Å². The number of unbranched alkanes of at least 4 members (excludes halogenated alkanes) is 4. The van der Waals surface area contributed by atoms with E-state index in [1.165, 1.54) is 50.4 Å². The average molecular weight is 617 g/mol. The van der Waals surface area contributed by atoms with Crippen molar-refractivity contribution in [2.75, 3.05) is 18.9 Å². The molecule has 1 aliphatic heterocycles. The second-order valence-electron chi connectivity index (χ2n) is 10.0. The van der Waals surface area contributed by atoms with Crippen LogP contribution < -0.4 is 21.0 Å². The summed E-state index contributed by atoms with van der Waals surface area (Å²) in [6, 6.07) is 6.20. The number of hydrogen-bond donors (Lipinski definition) is 4. The van der Waals surface area contributed by atoms with Crippen LogP contribution in [0.5, 0.6) is 5.75 Å². The highest BCUT2D eigenvalue weighted by Gasteiger charge is 2.54.